The van der Waals surface area contributed by atoms with Crippen LogP contribution >= 0.6 is 0 Å². The van der Waals surface area contributed by atoms with E-state index in [9.17, 15) is 22.9 Å². The normalized spacial score (nSPS) is 14.0. The van der Waals surface area contributed by atoms with Gasteiger partial charge in [-0.25, -0.2) is 0 Å². The fraction of sp³-hybridized carbons (Fsp3) is 0.725. The molecule has 0 saturated heterocycles. The topological polar surface area (TPSA) is 104 Å². The Morgan fingerprint density at radius 2 is 1.02 bits per heavy atom. The number of hydrogen-bond donors (Lipinski definition) is 3. The van der Waals surface area contributed by atoms with Crippen LogP contribution in [-0.2, 0) is 14.9 Å². The number of unbranched alkanes of at least 4 members (excludes halogenated alkanes) is 15. The molecule has 272 valence electrons. The molecule has 0 aliphatic heterocycles. The average Bonchev–Trinajstić information content (AvgIpc) is 3.03. The van der Waals surface area contributed by atoms with Crippen LogP contribution < -0.4 is 5.32 Å². The van der Waals surface area contributed by atoms with Gasteiger partial charge in [-0.15, -0.1) is 0 Å². The number of nitrogens with one attached hydrogen (secondary N) is 1. The third-order valence-electron chi connectivity index (χ3n) is 8.24. The van der Waals surface area contributed by atoms with Gasteiger partial charge in [0.05, 0.1) is 17.9 Å². The summed E-state index contributed by atoms with van der Waals surface area (Å²) in [6.45, 7) is 4.38. The van der Waals surface area contributed by atoms with Gasteiger partial charge in [0.1, 0.15) is 0 Å². The zero-order chi connectivity index (χ0) is 34.7. The molecular formula is C40H71NO5S. The van der Waals surface area contributed by atoms with Crippen molar-refractivity contribution in [1.29, 1.82) is 0 Å². The maximum Gasteiger partial charge on any atom is 0.266 e. The zero-order valence-corrected chi connectivity index (χ0v) is 30.9. The van der Waals surface area contributed by atoms with Crippen LogP contribution in [0.5, 0.6) is 0 Å². The smallest absolute Gasteiger partial charge is 0.266 e. The third kappa shape index (κ3) is 35.2. The minimum Gasteiger partial charge on any atom is -0.391 e. The van der Waals surface area contributed by atoms with Crippen molar-refractivity contribution in [2.45, 2.75) is 180 Å². The Morgan fingerprint density at radius 3 is 1.51 bits per heavy atom. The summed E-state index contributed by atoms with van der Waals surface area (Å²) in [5.74, 6) is -0.927. The number of allylic oxidation sites excluding steroid dienone is 10. The van der Waals surface area contributed by atoms with Gasteiger partial charge in [-0.05, 0) is 57.8 Å². The lowest BCUT2D eigenvalue weighted by Gasteiger charge is -2.23. The molecule has 0 aliphatic carbocycles. The van der Waals surface area contributed by atoms with Gasteiger partial charge in [0.15, 0.2) is 0 Å². The highest BCUT2D eigenvalue weighted by molar-refractivity contribution is 7.85. The van der Waals surface area contributed by atoms with Crippen LogP contribution in [0.25, 0.3) is 0 Å². The molecule has 2 unspecified atom stereocenters. The molecular weight excluding hydrogens is 607 g/mol. The van der Waals surface area contributed by atoms with E-state index in [0.29, 0.717) is 12.8 Å². The summed E-state index contributed by atoms with van der Waals surface area (Å²) in [6.07, 6.45) is 45.9. The van der Waals surface area contributed by atoms with E-state index in [0.717, 1.165) is 89.9 Å². The quantitative estimate of drug-likeness (QED) is 0.0364. The van der Waals surface area contributed by atoms with Crippen LogP contribution in [0.2, 0.25) is 0 Å². The molecule has 0 aromatic carbocycles. The van der Waals surface area contributed by atoms with Gasteiger partial charge < -0.3 is 10.4 Å². The fourth-order valence-corrected chi connectivity index (χ4v) is 6.18. The molecule has 3 N–H and O–H groups in total. The maximum absolute atomic E-state index is 12.5. The molecule has 7 heteroatoms. The highest BCUT2D eigenvalue weighted by atomic mass is 32.2. The van der Waals surface area contributed by atoms with Crippen LogP contribution in [0, 0.1) is 0 Å². The summed E-state index contributed by atoms with van der Waals surface area (Å²) in [5.41, 5.74) is 0. The van der Waals surface area contributed by atoms with Crippen molar-refractivity contribution >= 4 is 16.0 Å². The first-order chi connectivity index (χ1) is 22.8. The number of aliphatic hydroxyl groups is 1. The molecule has 0 rings (SSSR count). The number of carbonyl (C=O) groups excluding carboxylic acids is 1. The van der Waals surface area contributed by atoms with Crippen LogP contribution in [-0.4, -0.2) is 41.9 Å². The van der Waals surface area contributed by atoms with Crippen molar-refractivity contribution in [2.24, 2.45) is 0 Å². The van der Waals surface area contributed by atoms with Gasteiger partial charge >= 0.3 is 0 Å². The molecule has 0 aromatic rings. The first kappa shape index (κ1) is 45.0. The molecule has 47 heavy (non-hydrogen) atoms. The fourth-order valence-electron chi connectivity index (χ4n) is 5.42. The number of rotatable bonds is 33. The largest absolute Gasteiger partial charge is 0.391 e. The molecule has 0 aromatic heterocycles. The molecule has 0 fully saturated rings. The molecule has 0 saturated carbocycles. The molecule has 0 bridgehead atoms. The Kier molecular flexibility index (Phi) is 32.5. The SMILES string of the molecule is CC/C=C\C/C=C\C/C=C\C/C=C\C/C=C\CCCCCCCC(=O)NC(CS(=O)(=O)O)C(O)CCCCCCCCCCCCC. The molecule has 2 atom stereocenters. The molecule has 0 spiro atoms. The van der Waals surface area contributed by atoms with Crippen LogP contribution in [0.15, 0.2) is 60.8 Å². The van der Waals surface area contributed by atoms with Gasteiger partial charge in [0, 0.05) is 6.42 Å². The lowest BCUT2D eigenvalue weighted by Crippen LogP contribution is -2.47. The van der Waals surface area contributed by atoms with Crippen molar-refractivity contribution in [3.63, 3.8) is 0 Å². The van der Waals surface area contributed by atoms with Gasteiger partial charge in [-0.2, -0.15) is 8.42 Å². The summed E-state index contributed by atoms with van der Waals surface area (Å²) < 4.78 is 32.4. The van der Waals surface area contributed by atoms with E-state index in [1.165, 1.54) is 51.4 Å². The monoisotopic (exact) mass is 678 g/mol. The highest BCUT2D eigenvalue weighted by Crippen LogP contribution is 2.15. The van der Waals surface area contributed by atoms with Crippen LogP contribution in [0.1, 0.15) is 168 Å². The van der Waals surface area contributed by atoms with E-state index < -0.39 is 28.0 Å². The first-order valence-corrected chi connectivity index (χ1v) is 20.6. The van der Waals surface area contributed by atoms with Crippen LogP contribution in [0.4, 0.5) is 0 Å². The number of carbonyl (C=O) groups is 1. The summed E-state index contributed by atoms with van der Waals surface area (Å²) in [6, 6.07) is -0.982. The predicted molar refractivity (Wildman–Crippen MR) is 202 cm³/mol. The molecule has 0 aliphatic rings. The molecule has 6 nitrogen and oxygen atoms in total. The Balaban J connectivity index is 3.95. The average molecular weight is 678 g/mol. The van der Waals surface area contributed by atoms with Crippen molar-refractivity contribution < 1.29 is 22.9 Å². The summed E-state index contributed by atoms with van der Waals surface area (Å²) in [7, 11) is -4.31. The summed E-state index contributed by atoms with van der Waals surface area (Å²) >= 11 is 0. The van der Waals surface area contributed by atoms with E-state index in [2.05, 4.69) is 79.9 Å². The van der Waals surface area contributed by atoms with Crippen LogP contribution in [0.3, 0.4) is 0 Å². The predicted octanol–water partition coefficient (Wildman–Crippen LogP) is 10.9. The second kappa shape index (κ2) is 33.9. The van der Waals surface area contributed by atoms with Crippen molar-refractivity contribution in [2.75, 3.05) is 5.75 Å². The Bertz CT molecular complexity index is 967. The third-order valence-corrected chi connectivity index (χ3v) is 9.02. The summed E-state index contributed by atoms with van der Waals surface area (Å²) in [4.78, 5) is 12.5. The Labute approximate surface area is 290 Å². The van der Waals surface area contributed by atoms with Crippen molar-refractivity contribution in [1.82, 2.24) is 5.32 Å². The van der Waals surface area contributed by atoms with E-state index in [4.69, 9.17) is 0 Å². The lowest BCUT2D eigenvalue weighted by molar-refractivity contribution is -0.122. The van der Waals surface area contributed by atoms with E-state index in [1.54, 1.807) is 0 Å². The van der Waals surface area contributed by atoms with Gasteiger partial charge in [0.2, 0.25) is 5.91 Å². The standard InChI is InChI=1S/C40H71NO5S/c1-3-5-7-9-11-13-15-16-17-18-19-20-21-22-23-24-26-28-30-32-34-36-40(43)41-38(37-47(44,45)46)39(42)35-33-31-29-27-25-14-12-10-8-6-4-2/h5,7,11,13,16-17,19-20,22-23,38-39,42H,3-4,6,8-10,12,14-15,18,21,24-37H2,1-2H3,(H,41,43)(H,44,45,46)/b7-5-,13-11-,17-16-,20-19-,23-22-. The molecule has 1 amide bonds. The zero-order valence-electron chi connectivity index (χ0n) is 30.1. The van der Waals surface area contributed by atoms with Crippen molar-refractivity contribution in [3.8, 4) is 0 Å². The number of aliphatic hydroxyl groups excluding tert-OH is 1. The second-order valence-electron chi connectivity index (χ2n) is 12.8. The second-order valence-corrected chi connectivity index (χ2v) is 14.3. The Hall–Kier alpha value is -1.96. The Morgan fingerprint density at radius 1 is 0.596 bits per heavy atom. The summed E-state index contributed by atoms with van der Waals surface area (Å²) in [5, 5.41) is 13.3. The first-order valence-electron chi connectivity index (χ1n) is 19.0. The molecule has 0 heterocycles. The van der Waals surface area contributed by atoms with Gasteiger partial charge in [-0.1, -0.05) is 164 Å². The van der Waals surface area contributed by atoms with E-state index in [-0.39, 0.29) is 5.91 Å². The van der Waals surface area contributed by atoms with E-state index in [1.807, 2.05) is 0 Å². The molecule has 0 radical (unpaired) electrons. The van der Waals surface area contributed by atoms with Gasteiger partial charge in [0.25, 0.3) is 10.1 Å². The van der Waals surface area contributed by atoms with E-state index >= 15 is 0 Å². The number of hydrogen-bond acceptors (Lipinski definition) is 4. The lowest BCUT2D eigenvalue weighted by atomic mass is 10.0. The highest BCUT2D eigenvalue weighted by Gasteiger charge is 2.26. The maximum atomic E-state index is 12.5. The van der Waals surface area contributed by atoms with Crippen molar-refractivity contribution in [3.05, 3.63) is 60.8 Å². The van der Waals surface area contributed by atoms with Gasteiger partial charge in [-0.3, -0.25) is 9.35 Å². The minimum absolute atomic E-state index is 0.268. The minimum atomic E-state index is -4.31. The number of amides is 1.